The van der Waals surface area contributed by atoms with Gasteiger partial charge in [0, 0.05) is 32.2 Å². The van der Waals surface area contributed by atoms with E-state index in [1.54, 1.807) is 7.05 Å². The largest absolute Gasteiger partial charge is 0.379 e. The molecule has 1 aliphatic heterocycles. The van der Waals surface area contributed by atoms with Crippen LogP contribution in [-0.2, 0) is 21.8 Å². The molecule has 0 bridgehead atoms. The van der Waals surface area contributed by atoms with Crippen LogP contribution in [0, 0.1) is 0 Å². The van der Waals surface area contributed by atoms with E-state index in [1.165, 1.54) is 10.8 Å². The number of rotatable bonds is 4. The van der Waals surface area contributed by atoms with Crippen molar-refractivity contribution < 1.29 is 13.2 Å². The second-order valence-electron chi connectivity index (χ2n) is 5.52. The van der Waals surface area contributed by atoms with Gasteiger partial charge in [-0.15, -0.1) is 0 Å². The molecule has 0 atom stereocenters. The van der Waals surface area contributed by atoms with Crippen molar-refractivity contribution in [2.75, 3.05) is 26.3 Å². The van der Waals surface area contributed by atoms with E-state index in [0.29, 0.717) is 6.04 Å². The predicted molar refractivity (Wildman–Crippen MR) is 77.7 cm³/mol. The van der Waals surface area contributed by atoms with Gasteiger partial charge in [0.15, 0.2) is 5.03 Å². The average molecular weight is 335 g/mol. The van der Waals surface area contributed by atoms with Crippen LogP contribution in [0.2, 0.25) is 5.28 Å². The van der Waals surface area contributed by atoms with Gasteiger partial charge in [0.2, 0.25) is 5.28 Å². The van der Waals surface area contributed by atoms with Crippen molar-refractivity contribution in [1.82, 2.24) is 19.2 Å². The van der Waals surface area contributed by atoms with Gasteiger partial charge in [-0.05, 0) is 24.4 Å². The molecular formula is C12H19ClN4O3S. The molecule has 118 valence electrons. The van der Waals surface area contributed by atoms with Gasteiger partial charge in [0.1, 0.15) is 0 Å². The van der Waals surface area contributed by atoms with Gasteiger partial charge < -0.3 is 9.30 Å². The van der Waals surface area contributed by atoms with Crippen LogP contribution in [0.3, 0.4) is 0 Å². The van der Waals surface area contributed by atoms with Gasteiger partial charge >= 0.3 is 0 Å². The number of hydrogen-bond donors (Lipinski definition) is 1. The van der Waals surface area contributed by atoms with E-state index in [1.807, 2.05) is 0 Å². The van der Waals surface area contributed by atoms with Crippen molar-refractivity contribution >= 4 is 21.6 Å². The third-order valence-corrected chi connectivity index (χ3v) is 6.09. The van der Waals surface area contributed by atoms with Crippen molar-refractivity contribution in [2.24, 2.45) is 7.05 Å². The minimum atomic E-state index is -3.56. The molecule has 0 radical (unpaired) electrons. The van der Waals surface area contributed by atoms with Gasteiger partial charge in [0.25, 0.3) is 10.0 Å². The molecule has 0 spiro atoms. The number of aromatic nitrogens is 2. The number of sulfonamides is 1. The minimum Gasteiger partial charge on any atom is -0.379 e. The molecule has 21 heavy (non-hydrogen) atoms. The van der Waals surface area contributed by atoms with Crippen LogP contribution >= 0.6 is 11.6 Å². The zero-order valence-corrected chi connectivity index (χ0v) is 13.4. The lowest BCUT2D eigenvalue weighted by atomic mass is 9.86. The lowest BCUT2D eigenvalue weighted by molar-refractivity contribution is -0.00772. The Morgan fingerprint density at radius 1 is 1.38 bits per heavy atom. The summed E-state index contributed by atoms with van der Waals surface area (Å²) in [5, 5.41) is 0.262. The van der Waals surface area contributed by atoms with E-state index >= 15 is 0 Å². The predicted octanol–water partition coefficient (Wildman–Crippen LogP) is 0.215. The van der Waals surface area contributed by atoms with Crippen LogP contribution in [0.1, 0.15) is 12.8 Å². The Labute approximate surface area is 129 Å². The number of nitrogens with one attached hydrogen (secondary N) is 1. The summed E-state index contributed by atoms with van der Waals surface area (Å²) in [6, 6.07) is 0.438. The molecule has 2 aliphatic rings. The third-order valence-electron chi connectivity index (χ3n) is 4.16. The summed E-state index contributed by atoms with van der Waals surface area (Å²) in [6.45, 7) is 3.39. The molecular weight excluding hydrogens is 316 g/mol. The molecule has 2 heterocycles. The molecule has 1 N–H and O–H groups in total. The van der Waals surface area contributed by atoms with Crippen LogP contribution in [0.25, 0.3) is 0 Å². The highest BCUT2D eigenvalue weighted by Crippen LogP contribution is 2.28. The third kappa shape index (κ3) is 3.09. The maximum atomic E-state index is 12.3. The quantitative estimate of drug-likeness (QED) is 0.852. The summed E-state index contributed by atoms with van der Waals surface area (Å²) < 4.78 is 34.0. The van der Waals surface area contributed by atoms with E-state index in [4.69, 9.17) is 16.3 Å². The van der Waals surface area contributed by atoms with Gasteiger partial charge in [-0.2, -0.15) is 0 Å². The lowest BCUT2D eigenvalue weighted by Gasteiger charge is -2.44. The van der Waals surface area contributed by atoms with Gasteiger partial charge in [0.05, 0.1) is 19.4 Å². The van der Waals surface area contributed by atoms with Crippen molar-refractivity contribution in [2.45, 2.75) is 30.0 Å². The Balaban J connectivity index is 1.57. The molecule has 0 unspecified atom stereocenters. The minimum absolute atomic E-state index is 0.0171. The van der Waals surface area contributed by atoms with Crippen LogP contribution in [-0.4, -0.2) is 61.3 Å². The first-order valence-electron chi connectivity index (χ1n) is 6.99. The first-order valence-corrected chi connectivity index (χ1v) is 8.85. The summed E-state index contributed by atoms with van der Waals surface area (Å²) >= 11 is 5.79. The zero-order valence-electron chi connectivity index (χ0n) is 11.8. The van der Waals surface area contributed by atoms with Crippen molar-refractivity contribution in [3.8, 4) is 0 Å². The monoisotopic (exact) mass is 334 g/mol. The fourth-order valence-corrected chi connectivity index (χ4v) is 4.41. The zero-order chi connectivity index (χ0) is 15.0. The normalized spacial score (nSPS) is 27.5. The number of morpholine rings is 1. The summed E-state index contributed by atoms with van der Waals surface area (Å²) in [5.41, 5.74) is 0. The number of nitrogens with zero attached hydrogens (tertiary/aromatic N) is 3. The fraction of sp³-hybridized carbons (Fsp3) is 0.750. The number of imidazole rings is 1. The first kappa shape index (κ1) is 15.2. The molecule has 1 aromatic rings. The van der Waals surface area contributed by atoms with Gasteiger partial charge in [-0.3, -0.25) is 4.90 Å². The summed E-state index contributed by atoms with van der Waals surface area (Å²) in [4.78, 5) is 6.18. The standard InChI is InChI=1S/C12H19ClN4O3S/c1-16-11(8-14-12(16)13)21(18,19)15-9-6-10(7-9)17-2-4-20-5-3-17/h8-10,15H,2-7H2,1H3. The molecule has 7 nitrogen and oxygen atoms in total. The maximum absolute atomic E-state index is 12.3. The Morgan fingerprint density at radius 3 is 2.62 bits per heavy atom. The van der Waals surface area contributed by atoms with Crippen LogP contribution in [0.5, 0.6) is 0 Å². The number of halogens is 1. The van der Waals surface area contributed by atoms with Crippen molar-refractivity contribution in [1.29, 1.82) is 0 Å². The van der Waals surface area contributed by atoms with E-state index in [0.717, 1.165) is 39.1 Å². The molecule has 1 saturated carbocycles. The van der Waals surface area contributed by atoms with Gasteiger partial charge in [-0.25, -0.2) is 18.1 Å². The smallest absolute Gasteiger partial charge is 0.258 e. The second-order valence-corrected chi connectivity index (χ2v) is 7.52. The summed E-state index contributed by atoms with van der Waals surface area (Å²) in [7, 11) is -1.98. The molecule has 1 aromatic heterocycles. The highest BCUT2D eigenvalue weighted by atomic mass is 35.5. The summed E-state index contributed by atoms with van der Waals surface area (Å²) in [6.07, 6.45) is 2.96. The molecule has 1 aliphatic carbocycles. The Morgan fingerprint density at radius 2 is 2.05 bits per heavy atom. The van der Waals surface area contributed by atoms with Crippen molar-refractivity contribution in [3.05, 3.63) is 11.5 Å². The molecule has 0 amide bonds. The molecule has 1 saturated heterocycles. The fourth-order valence-electron chi connectivity index (χ4n) is 2.83. The van der Waals surface area contributed by atoms with Crippen LogP contribution in [0.15, 0.2) is 11.2 Å². The maximum Gasteiger partial charge on any atom is 0.258 e. The summed E-state index contributed by atoms with van der Waals surface area (Å²) in [5.74, 6) is 0. The number of hydrogen-bond acceptors (Lipinski definition) is 5. The molecule has 0 aromatic carbocycles. The lowest BCUT2D eigenvalue weighted by Crippen LogP contribution is -2.56. The number of ether oxygens (including phenoxy) is 1. The average Bonchev–Trinajstić information content (AvgIpc) is 2.75. The molecule has 2 fully saturated rings. The highest BCUT2D eigenvalue weighted by molar-refractivity contribution is 7.89. The Hall–Kier alpha value is -0.670. The Bertz CT molecular complexity index is 606. The van der Waals surface area contributed by atoms with Crippen LogP contribution < -0.4 is 4.72 Å². The van der Waals surface area contributed by atoms with Crippen LogP contribution in [0.4, 0.5) is 0 Å². The second kappa shape index (κ2) is 5.85. The Kier molecular flexibility index (Phi) is 4.24. The van der Waals surface area contributed by atoms with E-state index in [-0.39, 0.29) is 16.4 Å². The highest BCUT2D eigenvalue weighted by Gasteiger charge is 2.37. The molecule has 9 heteroatoms. The van der Waals surface area contributed by atoms with E-state index in [9.17, 15) is 8.42 Å². The topological polar surface area (TPSA) is 76.5 Å². The van der Waals surface area contributed by atoms with Crippen molar-refractivity contribution in [3.63, 3.8) is 0 Å². The SMILES string of the molecule is Cn1c(S(=O)(=O)NC2CC(N3CCOCC3)C2)cnc1Cl. The van der Waals surface area contributed by atoms with E-state index in [2.05, 4.69) is 14.6 Å². The van der Waals surface area contributed by atoms with Gasteiger partial charge in [-0.1, -0.05) is 0 Å². The van der Waals surface area contributed by atoms with E-state index < -0.39 is 10.0 Å². The molecule has 3 rings (SSSR count). The first-order chi connectivity index (χ1) is 9.97.